The van der Waals surface area contributed by atoms with Gasteiger partial charge in [-0.05, 0) is 45.8 Å². The van der Waals surface area contributed by atoms with Gasteiger partial charge >= 0.3 is 6.09 Å². The van der Waals surface area contributed by atoms with Crippen molar-refractivity contribution in [1.29, 1.82) is 0 Å². The molecule has 2 heterocycles. The highest BCUT2D eigenvalue weighted by atomic mass is 79.9. The van der Waals surface area contributed by atoms with Crippen LogP contribution in [0.3, 0.4) is 0 Å². The summed E-state index contributed by atoms with van der Waals surface area (Å²) in [6.07, 6.45) is 1.64. The molecule has 3 rings (SSSR count). The summed E-state index contributed by atoms with van der Waals surface area (Å²) < 4.78 is 40.9. The maximum atomic E-state index is 13.5. The van der Waals surface area contributed by atoms with Gasteiger partial charge in [-0.2, -0.15) is 0 Å². The number of halogens is 2. The molecule has 0 bridgehead atoms. The number of carbonyl (C=O) groups is 1. The minimum atomic E-state index is -4.08. The fraction of sp³-hybridized carbons (Fsp3) is 0.125. The van der Waals surface area contributed by atoms with Gasteiger partial charge in [-0.15, -0.1) is 0 Å². The molecule has 7 nitrogen and oxygen atoms in total. The molecule has 0 spiro atoms. The van der Waals surface area contributed by atoms with Gasteiger partial charge in [0.2, 0.25) is 0 Å². The third kappa shape index (κ3) is 3.29. The number of hydrogen-bond donors (Lipinski definition) is 1. The van der Waals surface area contributed by atoms with E-state index in [0.717, 1.165) is 21.0 Å². The van der Waals surface area contributed by atoms with E-state index in [2.05, 4.69) is 20.9 Å². The molecule has 136 valence electrons. The van der Waals surface area contributed by atoms with Crippen LogP contribution in [0.25, 0.3) is 10.9 Å². The van der Waals surface area contributed by atoms with E-state index in [1.54, 1.807) is 0 Å². The summed E-state index contributed by atoms with van der Waals surface area (Å²) in [7, 11) is -2.70. The first-order valence-electron chi connectivity index (χ1n) is 7.31. The summed E-state index contributed by atoms with van der Waals surface area (Å²) >= 11 is 3.20. The van der Waals surface area contributed by atoms with Crippen LogP contribution in [0, 0.1) is 5.82 Å². The van der Waals surface area contributed by atoms with E-state index >= 15 is 0 Å². The first-order chi connectivity index (χ1) is 12.2. The number of amides is 1. The van der Waals surface area contributed by atoms with Gasteiger partial charge in [-0.1, -0.05) is 6.07 Å². The number of rotatable bonds is 4. The Hall–Kier alpha value is -2.46. The molecule has 0 saturated carbocycles. The molecule has 3 aromatic rings. The minimum absolute atomic E-state index is 0.0270. The molecule has 0 aliphatic heterocycles. The molecule has 1 amide bonds. The number of fused-ring (bicyclic) bond motifs is 1. The van der Waals surface area contributed by atoms with Gasteiger partial charge in [0.25, 0.3) is 10.0 Å². The van der Waals surface area contributed by atoms with Crippen molar-refractivity contribution in [1.82, 2.24) is 13.9 Å². The average Bonchev–Trinajstić information content (AvgIpc) is 2.93. The molecule has 0 fully saturated rings. The van der Waals surface area contributed by atoms with Crippen molar-refractivity contribution >= 4 is 42.9 Å². The van der Waals surface area contributed by atoms with Crippen LogP contribution >= 0.6 is 15.9 Å². The molecule has 2 aromatic heterocycles. The zero-order valence-corrected chi connectivity index (χ0v) is 15.8. The molecule has 0 radical (unpaired) electrons. The number of hydrogen-bond acceptors (Lipinski definition) is 4. The molecule has 0 saturated heterocycles. The number of pyridine rings is 1. The zero-order chi connectivity index (χ0) is 19.1. The van der Waals surface area contributed by atoms with Gasteiger partial charge in [-0.25, -0.2) is 26.6 Å². The van der Waals surface area contributed by atoms with Crippen LogP contribution in [0.2, 0.25) is 0 Å². The molecule has 0 unspecified atom stereocenters. The lowest BCUT2D eigenvalue weighted by molar-refractivity contribution is 0.154. The molecule has 1 N–H and O–H groups in total. The minimum Gasteiger partial charge on any atom is -0.465 e. The summed E-state index contributed by atoms with van der Waals surface area (Å²) in [5.74, 6) is -0.670. The topological polar surface area (TPSA) is 92.5 Å². The predicted octanol–water partition coefficient (Wildman–Crippen LogP) is 3.28. The van der Waals surface area contributed by atoms with Crippen LogP contribution in [-0.4, -0.2) is 40.5 Å². The van der Waals surface area contributed by atoms with Crippen LogP contribution in [0.4, 0.5) is 9.18 Å². The van der Waals surface area contributed by atoms with Crippen molar-refractivity contribution in [2.75, 3.05) is 7.05 Å². The summed E-state index contributed by atoms with van der Waals surface area (Å²) in [6, 6.07) is 6.20. The third-order valence-corrected chi connectivity index (χ3v) is 5.90. The van der Waals surface area contributed by atoms with Crippen molar-refractivity contribution in [3.05, 3.63) is 58.7 Å². The molecule has 0 aliphatic rings. The van der Waals surface area contributed by atoms with Crippen LogP contribution in [0.5, 0.6) is 0 Å². The highest BCUT2D eigenvalue weighted by Crippen LogP contribution is 2.28. The monoisotopic (exact) mass is 441 g/mol. The van der Waals surface area contributed by atoms with Crippen LogP contribution in [0.1, 0.15) is 5.56 Å². The van der Waals surface area contributed by atoms with Crippen molar-refractivity contribution in [3.63, 3.8) is 0 Å². The maximum Gasteiger partial charge on any atom is 0.407 e. The highest BCUT2D eigenvalue weighted by molar-refractivity contribution is 9.10. The maximum absolute atomic E-state index is 13.5. The van der Waals surface area contributed by atoms with Gasteiger partial charge in [0.05, 0.1) is 17.0 Å². The van der Waals surface area contributed by atoms with Crippen LogP contribution in [0.15, 0.2) is 52.2 Å². The van der Waals surface area contributed by atoms with E-state index < -0.39 is 21.9 Å². The van der Waals surface area contributed by atoms with Crippen molar-refractivity contribution in [2.45, 2.75) is 11.4 Å². The third-order valence-electron chi connectivity index (χ3n) is 3.79. The smallest absolute Gasteiger partial charge is 0.407 e. The summed E-state index contributed by atoms with van der Waals surface area (Å²) in [5, 5.41) is 9.56. The van der Waals surface area contributed by atoms with E-state index in [-0.39, 0.29) is 11.4 Å². The second-order valence-corrected chi connectivity index (χ2v) is 8.20. The largest absolute Gasteiger partial charge is 0.465 e. The first kappa shape index (κ1) is 18.3. The zero-order valence-electron chi connectivity index (χ0n) is 13.4. The lowest BCUT2D eigenvalue weighted by Gasteiger charge is -2.11. The van der Waals surface area contributed by atoms with Gasteiger partial charge < -0.3 is 10.0 Å². The van der Waals surface area contributed by atoms with E-state index in [1.807, 2.05) is 0 Å². The summed E-state index contributed by atoms with van der Waals surface area (Å²) in [6.45, 7) is -0.0270. The second-order valence-electron chi connectivity index (χ2n) is 5.58. The average molecular weight is 442 g/mol. The highest BCUT2D eigenvalue weighted by Gasteiger charge is 2.23. The molecular weight excluding hydrogens is 429 g/mol. The quantitative estimate of drug-likeness (QED) is 0.627. The molecule has 1 aromatic carbocycles. The molecule has 0 aliphatic carbocycles. The van der Waals surface area contributed by atoms with E-state index in [9.17, 15) is 17.6 Å². The van der Waals surface area contributed by atoms with Crippen LogP contribution in [-0.2, 0) is 16.6 Å². The standard InChI is InChI=1S/C16H13BrFN3O4S/c1-20(16(22)23)8-10-9-21(14-6-15(17)19-7-13(10)14)26(24,25)12-4-2-3-11(18)5-12/h2-7,9H,8H2,1H3,(H,22,23). The molecule has 26 heavy (non-hydrogen) atoms. The van der Waals surface area contributed by atoms with Gasteiger partial charge in [0.15, 0.2) is 0 Å². The Kier molecular flexibility index (Phi) is 4.72. The van der Waals surface area contributed by atoms with E-state index in [1.165, 1.54) is 37.6 Å². The van der Waals surface area contributed by atoms with E-state index in [0.29, 0.717) is 21.1 Å². The van der Waals surface area contributed by atoms with Gasteiger partial charge in [0.1, 0.15) is 10.4 Å². The first-order valence-corrected chi connectivity index (χ1v) is 9.54. The van der Waals surface area contributed by atoms with Gasteiger partial charge in [0, 0.05) is 24.8 Å². The number of aromatic nitrogens is 2. The Bertz CT molecular complexity index is 1110. The Morgan fingerprint density at radius 1 is 1.38 bits per heavy atom. The van der Waals surface area contributed by atoms with Crippen molar-refractivity contribution in [2.24, 2.45) is 0 Å². The lowest BCUT2D eigenvalue weighted by Crippen LogP contribution is -2.23. The summed E-state index contributed by atoms with van der Waals surface area (Å²) in [5.41, 5.74) is 0.773. The SMILES string of the molecule is CN(Cc1cn(S(=O)(=O)c2cccc(F)c2)c2cc(Br)ncc12)C(=O)O. The predicted molar refractivity (Wildman–Crippen MR) is 95.9 cm³/mol. The molecular formula is C16H13BrFN3O4S. The Morgan fingerprint density at radius 2 is 2.12 bits per heavy atom. The Balaban J connectivity index is 2.22. The Labute approximate surface area is 156 Å². The van der Waals surface area contributed by atoms with Crippen molar-refractivity contribution in [3.8, 4) is 0 Å². The van der Waals surface area contributed by atoms with Crippen molar-refractivity contribution < 1.29 is 22.7 Å². The van der Waals surface area contributed by atoms with Gasteiger partial charge in [-0.3, -0.25) is 0 Å². The second kappa shape index (κ2) is 6.69. The normalized spacial score (nSPS) is 11.7. The fourth-order valence-electron chi connectivity index (χ4n) is 2.52. The number of benzene rings is 1. The fourth-order valence-corrected chi connectivity index (χ4v) is 4.25. The molecule has 0 atom stereocenters. The lowest BCUT2D eigenvalue weighted by atomic mass is 10.2. The summed E-state index contributed by atoms with van der Waals surface area (Å²) in [4.78, 5) is 16.0. The number of carboxylic acid groups (broad SMARTS) is 1. The van der Waals surface area contributed by atoms with E-state index in [4.69, 9.17) is 5.11 Å². The Morgan fingerprint density at radius 3 is 2.77 bits per heavy atom. The molecule has 10 heteroatoms. The number of nitrogens with zero attached hydrogens (tertiary/aromatic N) is 3. The van der Waals surface area contributed by atoms with Crippen LogP contribution < -0.4 is 0 Å².